The Hall–Kier alpha value is -2.25. The Bertz CT molecular complexity index is 763. The second-order valence-corrected chi connectivity index (χ2v) is 6.67. The summed E-state index contributed by atoms with van der Waals surface area (Å²) in [5, 5.41) is 11.0. The van der Waals surface area contributed by atoms with Crippen LogP contribution >= 0.6 is 0 Å². The van der Waals surface area contributed by atoms with E-state index in [-0.39, 0.29) is 11.2 Å². The molecule has 23 heavy (non-hydrogen) atoms. The van der Waals surface area contributed by atoms with Crippen LogP contribution in [0.5, 0.6) is 0 Å². The summed E-state index contributed by atoms with van der Waals surface area (Å²) < 4.78 is 14.8. The average Bonchev–Trinajstić information content (AvgIpc) is 2.54. The van der Waals surface area contributed by atoms with Crippen molar-refractivity contribution in [2.24, 2.45) is 0 Å². The molecule has 0 amide bonds. The van der Waals surface area contributed by atoms with Crippen LogP contribution in [0, 0.1) is 17.0 Å². The summed E-state index contributed by atoms with van der Waals surface area (Å²) in [6.07, 6.45) is 1.90. The van der Waals surface area contributed by atoms with Gasteiger partial charge in [0.05, 0.1) is 15.5 Å². The summed E-state index contributed by atoms with van der Waals surface area (Å²) in [4.78, 5) is 11.0. The summed E-state index contributed by atoms with van der Waals surface area (Å²) in [5.41, 5.74) is 2.90. The molecular weight excluding hydrogens is 316 g/mol. The standard InChI is InChI=1S/C16H16N2O3S.H2O/c1-12-8-9-14(18(19)20)11-16(12)22(21)17-10-4-6-13-5-2-3-7-15(13)17;/h2-3,5,7-9,11H,4,6,10H2,1H3;1H2. The Kier molecular flexibility index (Phi) is 5.12. The summed E-state index contributed by atoms with van der Waals surface area (Å²) in [7, 11) is -1.44. The quantitative estimate of drug-likeness (QED) is 0.637. The highest BCUT2D eigenvalue weighted by atomic mass is 32.2. The summed E-state index contributed by atoms with van der Waals surface area (Å²) in [6, 6.07) is 12.4. The number of benzene rings is 2. The number of para-hydroxylation sites is 1. The number of nitro benzene ring substituents is 1. The number of hydrogen-bond acceptors (Lipinski definition) is 3. The predicted octanol–water partition coefficient (Wildman–Crippen LogP) is 2.55. The molecule has 1 atom stereocenters. The van der Waals surface area contributed by atoms with Crippen LogP contribution < -0.4 is 4.31 Å². The van der Waals surface area contributed by atoms with E-state index >= 15 is 0 Å². The molecule has 2 aromatic carbocycles. The Balaban J connectivity index is 0.00000192. The highest BCUT2D eigenvalue weighted by molar-refractivity contribution is 7.86. The third-order valence-corrected chi connectivity index (χ3v) is 5.43. The molecule has 2 N–H and O–H groups in total. The first-order valence-corrected chi connectivity index (χ1v) is 8.21. The fraction of sp³-hybridized carbons (Fsp3) is 0.250. The normalized spacial score (nSPS) is 14.6. The Morgan fingerprint density at radius 1 is 1.22 bits per heavy atom. The lowest BCUT2D eigenvalue weighted by atomic mass is 10.0. The fourth-order valence-corrected chi connectivity index (χ4v) is 4.13. The molecule has 7 heteroatoms. The van der Waals surface area contributed by atoms with Crippen LogP contribution in [0.2, 0.25) is 0 Å². The minimum Gasteiger partial charge on any atom is -0.412 e. The summed E-state index contributed by atoms with van der Waals surface area (Å²) in [5.74, 6) is 0. The van der Waals surface area contributed by atoms with E-state index in [1.165, 1.54) is 17.7 Å². The van der Waals surface area contributed by atoms with Crippen molar-refractivity contribution in [2.45, 2.75) is 24.7 Å². The average molecular weight is 334 g/mol. The van der Waals surface area contributed by atoms with Crippen molar-refractivity contribution in [2.75, 3.05) is 10.8 Å². The lowest BCUT2D eigenvalue weighted by Gasteiger charge is -2.30. The van der Waals surface area contributed by atoms with Crippen LogP contribution in [0.3, 0.4) is 0 Å². The molecule has 3 rings (SSSR count). The van der Waals surface area contributed by atoms with E-state index in [0.717, 1.165) is 24.1 Å². The zero-order chi connectivity index (χ0) is 15.7. The largest absolute Gasteiger partial charge is 0.412 e. The van der Waals surface area contributed by atoms with Crippen LogP contribution in [0.1, 0.15) is 17.5 Å². The molecule has 0 fully saturated rings. The van der Waals surface area contributed by atoms with E-state index in [0.29, 0.717) is 11.4 Å². The van der Waals surface area contributed by atoms with Gasteiger partial charge in [0.2, 0.25) is 0 Å². The molecule has 0 bridgehead atoms. The second kappa shape index (κ2) is 6.89. The van der Waals surface area contributed by atoms with Crippen LogP contribution in [-0.4, -0.2) is 21.2 Å². The maximum Gasteiger partial charge on any atom is 0.270 e. The predicted molar refractivity (Wildman–Crippen MR) is 90.0 cm³/mol. The molecule has 0 saturated heterocycles. The molecule has 0 aliphatic carbocycles. The van der Waals surface area contributed by atoms with Crippen molar-refractivity contribution < 1.29 is 14.6 Å². The van der Waals surface area contributed by atoms with E-state index in [9.17, 15) is 14.3 Å². The van der Waals surface area contributed by atoms with Crippen molar-refractivity contribution in [1.29, 1.82) is 0 Å². The molecule has 122 valence electrons. The van der Waals surface area contributed by atoms with Gasteiger partial charge in [-0.25, -0.2) is 4.21 Å². The maximum atomic E-state index is 13.0. The molecule has 2 aromatic rings. The van der Waals surface area contributed by atoms with Gasteiger partial charge in [-0.3, -0.25) is 14.4 Å². The van der Waals surface area contributed by atoms with Gasteiger partial charge in [-0.1, -0.05) is 24.3 Å². The van der Waals surface area contributed by atoms with Gasteiger partial charge in [-0.05, 0) is 37.0 Å². The zero-order valence-corrected chi connectivity index (χ0v) is 13.5. The van der Waals surface area contributed by atoms with Crippen molar-refractivity contribution in [1.82, 2.24) is 0 Å². The number of non-ortho nitro benzene ring substituents is 1. The van der Waals surface area contributed by atoms with Gasteiger partial charge in [0.1, 0.15) is 0 Å². The second-order valence-electron chi connectivity index (χ2n) is 5.29. The zero-order valence-electron chi connectivity index (χ0n) is 12.7. The third-order valence-electron chi connectivity index (χ3n) is 3.84. The smallest absolute Gasteiger partial charge is 0.270 e. The first-order chi connectivity index (χ1) is 10.6. The van der Waals surface area contributed by atoms with Crippen LogP contribution in [-0.2, 0) is 17.4 Å². The van der Waals surface area contributed by atoms with Gasteiger partial charge in [-0.2, -0.15) is 0 Å². The van der Waals surface area contributed by atoms with Crippen molar-refractivity contribution in [3.05, 3.63) is 63.7 Å². The Morgan fingerprint density at radius 3 is 2.70 bits per heavy atom. The van der Waals surface area contributed by atoms with Gasteiger partial charge in [0.15, 0.2) is 11.0 Å². The molecule has 0 spiro atoms. The topological polar surface area (TPSA) is 95.0 Å². The van der Waals surface area contributed by atoms with Gasteiger partial charge >= 0.3 is 0 Å². The number of nitrogens with zero attached hydrogens (tertiary/aromatic N) is 2. The monoisotopic (exact) mass is 334 g/mol. The van der Waals surface area contributed by atoms with Gasteiger partial charge in [0.25, 0.3) is 5.69 Å². The molecule has 1 heterocycles. The van der Waals surface area contributed by atoms with Gasteiger partial charge in [-0.15, -0.1) is 0 Å². The van der Waals surface area contributed by atoms with E-state index in [4.69, 9.17) is 0 Å². The molecule has 1 aliphatic heterocycles. The number of fused-ring (bicyclic) bond motifs is 1. The lowest BCUT2D eigenvalue weighted by Crippen LogP contribution is -2.31. The highest BCUT2D eigenvalue weighted by Crippen LogP contribution is 2.31. The molecule has 6 nitrogen and oxygen atoms in total. The SMILES string of the molecule is Cc1ccc([N+](=O)[O-])cc1S(=O)N1CCCc2ccccc21.O. The number of nitro groups is 1. The molecule has 0 radical (unpaired) electrons. The number of hydrogen-bond donors (Lipinski definition) is 0. The van der Waals surface area contributed by atoms with Gasteiger partial charge < -0.3 is 5.48 Å². The van der Waals surface area contributed by atoms with E-state index in [1.54, 1.807) is 6.07 Å². The number of aryl methyl sites for hydroxylation is 2. The van der Waals surface area contributed by atoms with Crippen LogP contribution in [0.25, 0.3) is 0 Å². The minimum atomic E-state index is -1.44. The van der Waals surface area contributed by atoms with E-state index < -0.39 is 15.9 Å². The third kappa shape index (κ3) is 3.25. The molecule has 0 aromatic heterocycles. The Morgan fingerprint density at radius 2 is 1.96 bits per heavy atom. The molecule has 1 unspecified atom stereocenters. The number of anilines is 1. The highest BCUT2D eigenvalue weighted by Gasteiger charge is 2.24. The van der Waals surface area contributed by atoms with Crippen LogP contribution in [0.4, 0.5) is 11.4 Å². The fourth-order valence-electron chi connectivity index (χ4n) is 2.68. The Labute approximate surface area is 136 Å². The van der Waals surface area contributed by atoms with Gasteiger partial charge in [0, 0.05) is 18.7 Å². The van der Waals surface area contributed by atoms with Crippen LogP contribution in [0.15, 0.2) is 47.4 Å². The molecule has 0 saturated carbocycles. The summed E-state index contributed by atoms with van der Waals surface area (Å²) >= 11 is 0. The minimum absolute atomic E-state index is 0. The lowest BCUT2D eigenvalue weighted by molar-refractivity contribution is -0.385. The van der Waals surface area contributed by atoms with Crippen molar-refractivity contribution in [3.8, 4) is 0 Å². The van der Waals surface area contributed by atoms with E-state index in [1.807, 2.05) is 35.5 Å². The maximum absolute atomic E-state index is 13.0. The van der Waals surface area contributed by atoms with Crippen molar-refractivity contribution >= 4 is 22.4 Å². The van der Waals surface area contributed by atoms with Crippen molar-refractivity contribution in [3.63, 3.8) is 0 Å². The summed E-state index contributed by atoms with van der Waals surface area (Å²) in [6.45, 7) is 2.51. The molecular formula is C16H18N2O4S. The number of rotatable bonds is 3. The first-order valence-electron chi connectivity index (χ1n) is 7.10. The molecule has 1 aliphatic rings. The first kappa shape index (κ1) is 17.1. The van der Waals surface area contributed by atoms with E-state index in [2.05, 4.69) is 0 Å².